The lowest BCUT2D eigenvalue weighted by molar-refractivity contribution is 0.629. The first kappa shape index (κ1) is 10.8. The predicted molar refractivity (Wildman–Crippen MR) is 64.0 cm³/mol. The third-order valence-corrected chi connectivity index (χ3v) is 2.49. The second kappa shape index (κ2) is 4.45. The van der Waals surface area contributed by atoms with Crippen molar-refractivity contribution in [3.05, 3.63) is 36.1 Å². The Morgan fingerprint density at radius 2 is 2.12 bits per heavy atom. The van der Waals surface area contributed by atoms with Gasteiger partial charge in [0, 0.05) is 25.5 Å². The van der Waals surface area contributed by atoms with Gasteiger partial charge in [-0.25, -0.2) is 9.37 Å². The standard InChI is InChI=1S/C12H14FN3/c1-16(7-6-14)12-5-2-9-8-10(13)3-4-11(9)15-12/h2-5,8H,6-7,14H2,1H3. The Labute approximate surface area is 93.7 Å². The molecule has 0 fully saturated rings. The average Bonchev–Trinajstić information content (AvgIpc) is 2.28. The summed E-state index contributed by atoms with van der Waals surface area (Å²) in [5.74, 6) is 0.613. The number of aromatic nitrogens is 1. The lowest BCUT2D eigenvalue weighted by atomic mass is 10.2. The Bertz CT molecular complexity index is 499. The zero-order valence-corrected chi connectivity index (χ0v) is 9.15. The average molecular weight is 219 g/mol. The fourth-order valence-corrected chi connectivity index (χ4v) is 1.61. The van der Waals surface area contributed by atoms with Crippen molar-refractivity contribution in [2.75, 3.05) is 25.0 Å². The zero-order valence-electron chi connectivity index (χ0n) is 9.15. The van der Waals surface area contributed by atoms with Gasteiger partial charge in [0.25, 0.3) is 0 Å². The highest BCUT2D eigenvalue weighted by Gasteiger charge is 2.03. The number of hydrogen-bond donors (Lipinski definition) is 1. The number of nitrogens with zero attached hydrogens (tertiary/aromatic N) is 2. The smallest absolute Gasteiger partial charge is 0.129 e. The molecule has 1 heterocycles. The fourth-order valence-electron chi connectivity index (χ4n) is 1.61. The van der Waals surface area contributed by atoms with E-state index in [0.717, 1.165) is 23.3 Å². The Morgan fingerprint density at radius 3 is 2.88 bits per heavy atom. The van der Waals surface area contributed by atoms with Gasteiger partial charge in [0.1, 0.15) is 11.6 Å². The van der Waals surface area contributed by atoms with Crippen LogP contribution in [0.4, 0.5) is 10.2 Å². The molecule has 0 unspecified atom stereocenters. The van der Waals surface area contributed by atoms with Gasteiger partial charge in [0.05, 0.1) is 5.52 Å². The lowest BCUT2D eigenvalue weighted by Gasteiger charge is -2.17. The van der Waals surface area contributed by atoms with Crippen LogP contribution in [0.2, 0.25) is 0 Å². The van der Waals surface area contributed by atoms with Crippen LogP contribution in [-0.4, -0.2) is 25.1 Å². The maximum atomic E-state index is 13.0. The molecule has 16 heavy (non-hydrogen) atoms. The molecule has 1 aromatic heterocycles. The van der Waals surface area contributed by atoms with Crippen LogP contribution in [0, 0.1) is 5.82 Å². The van der Waals surface area contributed by atoms with E-state index in [-0.39, 0.29) is 5.82 Å². The van der Waals surface area contributed by atoms with Gasteiger partial charge in [0.2, 0.25) is 0 Å². The van der Waals surface area contributed by atoms with E-state index < -0.39 is 0 Å². The summed E-state index contributed by atoms with van der Waals surface area (Å²) in [5.41, 5.74) is 6.27. The van der Waals surface area contributed by atoms with Crippen LogP contribution in [0.1, 0.15) is 0 Å². The molecule has 2 aromatic rings. The number of rotatable bonds is 3. The molecule has 0 aliphatic carbocycles. The normalized spacial score (nSPS) is 10.7. The number of fused-ring (bicyclic) bond motifs is 1. The largest absolute Gasteiger partial charge is 0.358 e. The van der Waals surface area contributed by atoms with Gasteiger partial charge in [0.15, 0.2) is 0 Å². The number of benzene rings is 1. The molecule has 4 heteroatoms. The Morgan fingerprint density at radius 1 is 1.31 bits per heavy atom. The highest BCUT2D eigenvalue weighted by molar-refractivity contribution is 5.80. The van der Waals surface area contributed by atoms with Gasteiger partial charge in [-0.15, -0.1) is 0 Å². The second-order valence-electron chi connectivity index (χ2n) is 3.72. The van der Waals surface area contributed by atoms with Crippen molar-refractivity contribution in [1.82, 2.24) is 4.98 Å². The van der Waals surface area contributed by atoms with Crippen LogP contribution < -0.4 is 10.6 Å². The summed E-state index contributed by atoms with van der Waals surface area (Å²) in [4.78, 5) is 6.41. The third kappa shape index (κ3) is 2.12. The van der Waals surface area contributed by atoms with Crippen LogP contribution in [0.3, 0.4) is 0 Å². The summed E-state index contributed by atoms with van der Waals surface area (Å²) in [5, 5.41) is 0.810. The number of anilines is 1. The monoisotopic (exact) mass is 219 g/mol. The molecule has 2 N–H and O–H groups in total. The van der Waals surface area contributed by atoms with Gasteiger partial charge >= 0.3 is 0 Å². The maximum absolute atomic E-state index is 13.0. The number of nitrogens with two attached hydrogens (primary N) is 1. The number of halogens is 1. The highest BCUT2D eigenvalue weighted by Crippen LogP contribution is 2.17. The molecule has 1 aromatic carbocycles. The summed E-state index contributed by atoms with van der Waals surface area (Å²) < 4.78 is 13.0. The maximum Gasteiger partial charge on any atom is 0.129 e. The van der Waals surface area contributed by atoms with E-state index in [2.05, 4.69) is 4.98 Å². The van der Waals surface area contributed by atoms with Crippen LogP contribution in [0.5, 0.6) is 0 Å². The van der Waals surface area contributed by atoms with E-state index in [1.807, 2.05) is 24.1 Å². The SMILES string of the molecule is CN(CCN)c1ccc2cc(F)ccc2n1. The molecule has 0 aliphatic heterocycles. The van der Waals surface area contributed by atoms with Gasteiger partial charge in [-0.1, -0.05) is 0 Å². The van der Waals surface area contributed by atoms with Gasteiger partial charge < -0.3 is 10.6 Å². The molecule has 0 atom stereocenters. The molecule has 0 saturated carbocycles. The molecule has 0 saturated heterocycles. The summed E-state index contributed by atoms with van der Waals surface area (Å²) in [6.45, 7) is 1.33. The minimum absolute atomic E-state index is 0.239. The van der Waals surface area contributed by atoms with E-state index in [1.54, 1.807) is 6.07 Å². The summed E-state index contributed by atoms with van der Waals surface area (Å²) in [6, 6.07) is 8.33. The quantitative estimate of drug-likeness (QED) is 0.855. The second-order valence-corrected chi connectivity index (χ2v) is 3.72. The summed E-state index contributed by atoms with van der Waals surface area (Å²) >= 11 is 0. The Hall–Kier alpha value is -1.68. The van der Waals surface area contributed by atoms with Crippen molar-refractivity contribution >= 4 is 16.7 Å². The van der Waals surface area contributed by atoms with E-state index in [0.29, 0.717) is 6.54 Å². The minimum Gasteiger partial charge on any atom is -0.358 e. The number of hydrogen-bond acceptors (Lipinski definition) is 3. The molecule has 84 valence electrons. The molecule has 0 radical (unpaired) electrons. The summed E-state index contributed by atoms with van der Waals surface area (Å²) in [6.07, 6.45) is 0. The van der Waals surface area contributed by atoms with Gasteiger partial charge in [-0.2, -0.15) is 0 Å². The molecular weight excluding hydrogens is 205 g/mol. The molecule has 2 rings (SSSR count). The number of pyridine rings is 1. The summed E-state index contributed by atoms with van der Waals surface area (Å²) in [7, 11) is 1.94. The van der Waals surface area contributed by atoms with Crippen molar-refractivity contribution in [3.8, 4) is 0 Å². The first-order valence-electron chi connectivity index (χ1n) is 5.18. The van der Waals surface area contributed by atoms with Crippen LogP contribution in [-0.2, 0) is 0 Å². The molecule has 0 aliphatic rings. The number of likely N-dealkylation sites (N-methyl/N-ethyl adjacent to an activating group) is 1. The van der Waals surface area contributed by atoms with Crippen LogP contribution >= 0.6 is 0 Å². The van der Waals surface area contributed by atoms with E-state index in [4.69, 9.17) is 5.73 Å². The van der Waals surface area contributed by atoms with Crippen LogP contribution in [0.25, 0.3) is 10.9 Å². The molecule has 3 nitrogen and oxygen atoms in total. The first-order chi connectivity index (χ1) is 7.70. The van der Waals surface area contributed by atoms with E-state index >= 15 is 0 Å². The van der Waals surface area contributed by atoms with Crippen molar-refractivity contribution in [3.63, 3.8) is 0 Å². The van der Waals surface area contributed by atoms with Crippen molar-refractivity contribution in [2.24, 2.45) is 5.73 Å². The Balaban J connectivity index is 2.40. The van der Waals surface area contributed by atoms with Crippen molar-refractivity contribution in [2.45, 2.75) is 0 Å². The predicted octanol–water partition coefficient (Wildman–Crippen LogP) is 1.77. The fraction of sp³-hybridized carbons (Fsp3) is 0.250. The van der Waals surface area contributed by atoms with E-state index in [1.165, 1.54) is 12.1 Å². The molecular formula is C12H14FN3. The Kier molecular flexibility index (Phi) is 3.01. The molecule has 0 bridgehead atoms. The minimum atomic E-state index is -0.239. The van der Waals surface area contributed by atoms with Crippen molar-refractivity contribution < 1.29 is 4.39 Å². The molecule has 0 spiro atoms. The van der Waals surface area contributed by atoms with Gasteiger partial charge in [-0.3, -0.25) is 0 Å². The van der Waals surface area contributed by atoms with Crippen LogP contribution in [0.15, 0.2) is 30.3 Å². The van der Waals surface area contributed by atoms with Crippen molar-refractivity contribution in [1.29, 1.82) is 0 Å². The molecule has 0 amide bonds. The third-order valence-electron chi connectivity index (χ3n) is 2.49. The lowest BCUT2D eigenvalue weighted by Crippen LogP contribution is -2.25. The van der Waals surface area contributed by atoms with E-state index in [9.17, 15) is 4.39 Å². The first-order valence-corrected chi connectivity index (χ1v) is 5.18. The van der Waals surface area contributed by atoms with Gasteiger partial charge in [-0.05, 0) is 30.3 Å². The zero-order chi connectivity index (χ0) is 11.5. The topological polar surface area (TPSA) is 42.1 Å². The highest BCUT2D eigenvalue weighted by atomic mass is 19.1.